The van der Waals surface area contributed by atoms with Crippen molar-refractivity contribution in [2.45, 2.75) is 51.7 Å². The van der Waals surface area contributed by atoms with Gasteiger partial charge in [0.25, 0.3) is 0 Å². The van der Waals surface area contributed by atoms with Crippen molar-refractivity contribution in [1.29, 1.82) is 0 Å². The number of rotatable bonds is 6. The molecular formula is C22H32N4O4. The maximum absolute atomic E-state index is 11.9. The van der Waals surface area contributed by atoms with Crippen molar-refractivity contribution in [1.82, 2.24) is 10.2 Å². The minimum absolute atomic E-state index is 0.149. The number of esters is 1. The minimum atomic E-state index is -0.436. The van der Waals surface area contributed by atoms with E-state index in [0.717, 1.165) is 44.1 Å². The van der Waals surface area contributed by atoms with Gasteiger partial charge in [-0.2, -0.15) is 0 Å². The molecule has 0 bridgehead atoms. The number of amides is 2. The van der Waals surface area contributed by atoms with Crippen molar-refractivity contribution in [3.05, 3.63) is 24.3 Å². The SMILES string of the molecule is CC(C)(C)OC(=O)CCN1CCN(c2ccc(NC3CCC(=O)NC3=O)cc2)CC1. The molecule has 0 aromatic heterocycles. The summed E-state index contributed by atoms with van der Waals surface area (Å²) in [5.74, 6) is -0.625. The summed E-state index contributed by atoms with van der Waals surface area (Å²) in [6.07, 6.45) is 1.29. The van der Waals surface area contributed by atoms with E-state index in [9.17, 15) is 14.4 Å². The monoisotopic (exact) mass is 416 g/mol. The molecule has 2 fully saturated rings. The minimum Gasteiger partial charge on any atom is -0.460 e. The third kappa shape index (κ3) is 6.45. The van der Waals surface area contributed by atoms with E-state index in [0.29, 0.717) is 19.3 Å². The number of imide groups is 1. The first-order valence-corrected chi connectivity index (χ1v) is 10.6. The van der Waals surface area contributed by atoms with Gasteiger partial charge in [-0.15, -0.1) is 0 Å². The Kier molecular flexibility index (Phi) is 6.97. The molecule has 0 saturated carbocycles. The van der Waals surface area contributed by atoms with E-state index < -0.39 is 5.60 Å². The van der Waals surface area contributed by atoms with E-state index in [1.807, 2.05) is 45.0 Å². The highest BCUT2D eigenvalue weighted by atomic mass is 16.6. The third-order valence-corrected chi connectivity index (χ3v) is 5.24. The van der Waals surface area contributed by atoms with Crippen LogP contribution < -0.4 is 15.5 Å². The van der Waals surface area contributed by atoms with Crippen molar-refractivity contribution in [3.8, 4) is 0 Å². The Hall–Kier alpha value is -2.61. The van der Waals surface area contributed by atoms with Gasteiger partial charge in [-0.25, -0.2) is 0 Å². The second-order valence-corrected chi connectivity index (χ2v) is 8.86. The van der Waals surface area contributed by atoms with E-state index in [2.05, 4.69) is 20.4 Å². The second kappa shape index (κ2) is 9.47. The molecule has 0 radical (unpaired) electrons. The van der Waals surface area contributed by atoms with Gasteiger partial charge in [0, 0.05) is 50.5 Å². The van der Waals surface area contributed by atoms with Crippen molar-refractivity contribution >= 4 is 29.2 Å². The van der Waals surface area contributed by atoms with E-state index in [4.69, 9.17) is 4.74 Å². The van der Waals surface area contributed by atoms with Crippen LogP contribution in [-0.2, 0) is 19.1 Å². The number of anilines is 2. The van der Waals surface area contributed by atoms with E-state index in [1.165, 1.54) is 0 Å². The summed E-state index contributed by atoms with van der Waals surface area (Å²) in [7, 11) is 0. The molecule has 2 saturated heterocycles. The molecule has 1 aromatic rings. The summed E-state index contributed by atoms with van der Waals surface area (Å²) >= 11 is 0. The lowest BCUT2D eigenvalue weighted by molar-refractivity contribution is -0.155. The summed E-state index contributed by atoms with van der Waals surface area (Å²) in [6, 6.07) is 7.65. The zero-order chi connectivity index (χ0) is 21.7. The van der Waals surface area contributed by atoms with Crippen LogP contribution in [0, 0.1) is 0 Å². The Morgan fingerprint density at radius 1 is 1.13 bits per heavy atom. The van der Waals surface area contributed by atoms with Crippen LogP contribution in [0.15, 0.2) is 24.3 Å². The first-order valence-electron chi connectivity index (χ1n) is 10.6. The Labute approximate surface area is 177 Å². The fourth-order valence-electron chi connectivity index (χ4n) is 3.67. The highest BCUT2D eigenvalue weighted by Crippen LogP contribution is 2.21. The molecule has 164 valence electrons. The van der Waals surface area contributed by atoms with Crippen molar-refractivity contribution in [2.24, 2.45) is 0 Å². The fraction of sp³-hybridized carbons (Fsp3) is 0.591. The highest BCUT2D eigenvalue weighted by Gasteiger charge is 2.26. The lowest BCUT2D eigenvalue weighted by atomic mass is 10.1. The molecule has 8 heteroatoms. The van der Waals surface area contributed by atoms with Crippen LogP contribution in [0.1, 0.15) is 40.0 Å². The number of nitrogens with zero attached hydrogens (tertiary/aromatic N) is 2. The lowest BCUT2D eigenvalue weighted by Gasteiger charge is -2.36. The normalized spacial score (nSPS) is 20.6. The van der Waals surface area contributed by atoms with Crippen LogP contribution in [-0.4, -0.2) is 67.1 Å². The van der Waals surface area contributed by atoms with Gasteiger partial charge in [0.1, 0.15) is 11.6 Å². The predicted octanol–water partition coefficient (Wildman–Crippen LogP) is 1.76. The molecule has 3 rings (SSSR count). The van der Waals surface area contributed by atoms with Gasteiger partial charge >= 0.3 is 5.97 Å². The Balaban J connectivity index is 1.43. The third-order valence-electron chi connectivity index (χ3n) is 5.24. The van der Waals surface area contributed by atoms with Crippen LogP contribution in [0.25, 0.3) is 0 Å². The quantitative estimate of drug-likeness (QED) is 0.539. The molecule has 1 aromatic carbocycles. The maximum atomic E-state index is 11.9. The number of hydrogen-bond donors (Lipinski definition) is 2. The van der Waals surface area contributed by atoms with Gasteiger partial charge in [0.05, 0.1) is 6.42 Å². The van der Waals surface area contributed by atoms with Gasteiger partial charge in [-0.1, -0.05) is 0 Å². The maximum Gasteiger partial charge on any atom is 0.307 e. The van der Waals surface area contributed by atoms with Gasteiger partial charge < -0.3 is 15.0 Å². The molecule has 2 aliphatic rings. The highest BCUT2D eigenvalue weighted by molar-refractivity contribution is 6.01. The van der Waals surface area contributed by atoms with Crippen LogP contribution in [0.3, 0.4) is 0 Å². The standard InChI is InChI=1S/C22H32N4O4/c1-22(2,3)30-20(28)10-11-25-12-14-26(15-13-25)17-6-4-16(5-7-17)23-18-8-9-19(27)24-21(18)29/h4-7,18,23H,8-15H2,1-3H3,(H,24,27,29). The average Bonchev–Trinajstić information content (AvgIpc) is 2.68. The predicted molar refractivity (Wildman–Crippen MR) is 115 cm³/mol. The van der Waals surface area contributed by atoms with Gasteiger partial charge in [-0.05, 0) is 51.5 Å². The first-order chi connectivity index (χ1) is 14.2. The molecule has 2 heterocycles. The topological polar surface area (TPSA) is 91.0 Å². The summed E-state index contributed by atoms with van der Waals surface area (Å²) in [6.45, 7) is 9.97. The van der Waals surface area contributed by atoms with Gasteiger partial charge in [0.15, 0.2) is 0 Å². The van der Waals surface area contributed by atoms with Crippen LogP contribution in [0.5, 0.6) is 0 Å². The fourth-order valence-corrected chi connectivity index (χ4v) is 3.67. The first kappa shape index (κ1) is 22.1. The molecule has 0 spiro atoms. The molecule has 2 aliphatic heterocycles. The number of carbonyl (C=O) groups excluding carboxylic acids is 3. The van der Waals surface area contributed by atoms with Crippen molar-refractivity contribution < 1.29 is 19.1 Å². The van der Waals surface area contributed by atoms with Crippen molar-refractivity contribution in [3.63, 3.8) is 0 Å². The molecule has 2 amide bonds. The molecule has 2 N–H and O–H groups in total. The number of carbonyl (C=O) groups is 3. The van der Waals surface area contributed by atoms with Crippen molar-refractivity contribution in [2.75, 3.05) is 42.9 Å². The number of ether oxygens (including phenoxy) is 1. The van der Waals surface area contributed by atoms with Gasteiger partial charge in [-0.3, -0.25) is 24.6 Å². The molecular weight excluding hydrogens is 384 g/mol. The molecule has 1 unspecified atom stereocenters. The summed E-state index contributed by atoms with van der Waals surface area (Å²) in [4.78, 5) is 39.6. The molecule has 8 nitrogen and oxygen atoms in total. The van der Waals surface area contributed by atoms with E-state index in [-0.39, 0.29) is 23.8 Å². The summed E-state index contributed by atoms with van der Waals surface area (Å²) < 4.78 is 5.37. The molecule has 30 heavy (non-hydrogen) atoms. The van der Waals surface area contributed by atoms with Crippen LogP contribution in [0.4, 0.5) is 11.4 Å². The molecule has 1 atom stereocenters. The Bertz CT molecular complexity index is 764. The summed E-state index contributed by atoms with van der Waals surface area (Å²) in [5, 5.41) is 5.56. The van der Waals surface area contributed by atoms with Crippen LogP contribution in [0.2, 0.25) is 0 Å². The molecule has 0 aliphatic carbocycles. The number of piperidine rings is 1. The Morgan fingerprint density at radius 2 is 1.80 bits per heavy atom. The van der Waals surface area contributed by atoms with E-state index in [1.54, 1.807) is 0 Å². The summed E-state index contributed by atoms with van der Waals surface area (Å²) in [5.41, 5.74) is 1.56. The number of benzene rings is 1. The number of nitrogens with one attached hydrogen (secondary N) is 2. The second-order valence-electron chi connectivity index (χ2n) is 8.86. The zero-order valence-electron chi connectivity index (χ0n) is 18.1. The smallest absolute Gasteiger partial charge is 0.307 e. The average molecular weight is 417 g/mol. The largest absolute Gasteiger partial charge is 0.460 e. The lowest BCUT2D eigenvalue weighted by Crippen LogP contribution is -2.47. The van der Waals surface area contributed by atoms with Crippen LogP contribution >= 0.6 is 0 Å². The Morgan fingerprint density at radius 3 is 2.40 bits per heavy atom. The van der Waals surface area contributed by atoms with Gasteiger partial charge in [0.2, 0.25) is 11.8 Å². The number of hydrogen-bond acceptors (Lipinski definition) is 7. The zero-order valence-corrected chi connectivity index (χ0v) is 18.1. The van der Waals surface area contributed by atoms with E-state index >= 15 is 0 Å². The number of piperazine rings is 1.